The quantitative estimate of drug-likeness (QED) is 0.877. The number of aryl methyl sites for hydroxylation is 1. The molecule has 2 nitrogen and oxygen atoms in total. The van der Waals surface area contributed by atoms with E-state index in [1.165, 1.54) is 0 Å². The number of hydrogen-bond donors (Lipinski definition) is 1. The van der Waals surface area contributed by atoms with Crippen LogP contribution >= 0.6 is 0 Å². The van der Waals surface area contributed by atoms with Crippen LogP contribution in [0.1, 0.15) is 22.7 Å². The summed E-state index contributed by atoms with van der Waals surface area (Å²) in [6.45, 7) is 1.89. The second kappa shape index (κ2) is 5.15. The summed E-state index contributed by atoms with van der Waals surface area (Å²) in [5.74, 6) is -0.159. The summed E-state index contributed by atoms with van der Waals surface area (Å²) in [4.78, 5) is 0. The van der Waals surface area contributed by atoms with Crippen LogP contribution in [0.25, 0.3) is 0 Å². The lowest BCUT2D eigenvalue weighted by atomic mass is 9.99. The zero-order valence-electron chi connectivity index (χ0n) is 10.0. The van der Waals surface area contributed by atoms with Crippen molar-refractivity contribution in [1.82, 2.24) is 5.32 Å². The fourth-order valence-electron chi connectivity index (χ4n) is 1.93. The SMILES string of the molecule is CNC(Cc1ccoc1)c1ccc(C)cc1F. The van der Waals surface area contributed by atoms with E-state index >= 15 is 0 Å². The molecule has 1 aromatic carbocycles. The van der Waals surface area contributed by atoms with Gasteiger partial charge in [0.15, 0.2) is 0 Å². The van der Waals surface area contributed by atoms with Gasteiger partial charge in [0.2, 0.25) is 0 Å². The van der Waals surface area contributed by atoms with E-state index in [9.17, 15) is 4.39 Å². The van der Waals surface area contributed by atoms with Crippen molar-refractivity contribution in [3.63, 3.8) is 0 Å². The van der Waals surface area contributed by atoms with E-state index in [0.717, 1.165) is 11.1 Å². The maximum atomic E-state index is 13.9. The number of furan rings is 1. The topological polar surface area (TPSA) is 25.2 Å². The van der Waals surface area contributed by atoms with Gasteiger partial charge in [-0.25, -0.2) is 4.39 Å². The Morgan fingerprint density at radius 1 is 1.35 bits per heavy atom. The molecule has 0 aliphatic heterocycles. The Kier molecular flexibility index (Phi) is 3.59. The van der Waals surface area contributed by atoms with Gasteiger partial charge in [-0.2, -0.15) is 0 Å². The number of nitrogens with one attached hydrogen (secondary N) is 1. The molecule has 2 rings (SSSR count). The lowest BCUT2D eigenvalue weighted by Crippen LogP contribution is -2.19. The average Bonchev–Trinajstić information content (AvgIpc) is 2.79. The highest BCUT2D eigenvalue weighted by Crippen LogP contribution is 2.22. The van der Waals surface area contributed by atoms with Gasteiger partial charge >= 0.3 is 0 Å². The van der Waals surface area contributed by atoms with Crippen LogP contribution in [0.2, 0.25) is 0 Å². The average molecular weight is 233 g/mol. The third-order valence-corrected chi connectivity index (χ3v) is 2.90. The molecule has 0 saturated heterocycles. The Hall–Kier alpha value is -1.61. The molecule has 17 heavy (non-hydrogen) atoms. The molecule has 0 bridgehead atoms. The highest BCUT2D eigenvalue weighted by atomic mass is 19.1. The molecule has 1 N–H and O–H groups in total. The van der Waals surface area contributed by atoms with E-state index in [1.807, 2.05) is 32.2 Å². The molecule has 0 aliphatic rings. The van der Waals surface area contributed by atoms with Crippen LogP contribution in [0.5, 0.6) is 0 Å². The minimum atomic E-state index is -0.159. The summed E-state index contributed by atoms with van der Waals surface area (Å²) in [6, 6.07) is 7.20. The van der Waals surface area contributed by atoms with Gasteiger partial charge in [-0.1, -0.05) is 12.1 Å². The molecule has 1 heterocycles. The third-order valence-electron chi connectivity index (χ3n) is 2.90. The Bertz CT molecular complexity index is 479. The summed E-state index contributed by atoms with van der Waals surface area (Å²) in [7, 11) is 1.84. The first-order valence-corrected chi connectivity index (χ1v) is 5.65. The molecule has 0 spiro atoms. The minimum Gasteiger partial charge on any atom is -0.472 e. The maximum Gasteiger partial charge on any atom is 0.128 e. The molecule has 0 radical (unpaired) electrons. The first-order valence-electron chi connectivity index (χ1n) is 5.65. The highest BCUT2D eigenvalue weighted by Gasteiger charge is 2.15. The van der Waals surface area contributed by atoms with Gasteiger partial charge in [0.1, 0.15) is 5.82 Å². The number of rotatable bonds is 4. The van der Waals surface area contributed by atoms with Crippen molar-refractivity contribution in [2.45, 2.75) is 19.4 Å². The third kappa shape index (κ3) is 2.74. The fraction of sp³-hybridized carbons (Fsp3) is 0.286. The van der Waals surface area contributed by atoms with Gasteiger partial charge in [-0.3, -0.25) is 0 Å². The van der Waals surface area contributed by atoms with Crippen molar-refractivity contribution in [1.29, 1.82) is 0 Å². The van der Waals surface area contributed by atoms with Crippen molar-refractivity contribution in [2.24, 2.45) is 0 Å². The minimum absolute atomic E-state index is 0.0341. The number of benzene rings is 1. The summed E-state index contributed by atoms with van der Waals surface area (Å²) < 4.78 is 18.9. The monoisotopic (exact) mass is 233 g/mol. The van der Waals surface area contributed by atoms with Gasteiger partial charge in [-0.05, 0) is 43.7 Å². The molecular weight excluding hydrogens is 217 g/mol. The normalized spacial score (nSPS) is 12.6. The second-order valence-electron chi connectivity index (χ2n) is 4.20. The van der Waals surface area contributed by atoms with E-state index < -0.39 is 0 Å². The van der Waals surface area contributed by atoms with E-state index in [1.54, 1.807) is 18.6 Å². The Morgan fingerprint density at radius 2 is 2.18 bits per heavy atom. The van der Waals surface area contributed by atoms with Gasteiger partial charge in [0.05, 0.1) is 12.5 Å². The maximum absolute atomic E-state index is 13.9. The predicted octanol–water partition coefficient (Wildman–Crippen LogP) is 3.23. The first kappa shape index (κ1) is 11.9. The van der Waals surface area contributed by atoms with Crippen molar-refractivity contribution in [3.8, 4) is 0 Å². The molecule has 0 fully saturated rings. The zero-order chi connectivity index (χ0) is 12.3. The van der Waals surface area contributed by atoms with Crippen molar-refractivity contribution in [2.75, 3.05) is 7.05 Å². The molecule has 3 heteroatoms. The van der Waals surface area contributed by atoms with Gasteiger partial charge in [-0.15, -0.1) is 0 Å². The molecule has 0 aliphatic carbocycles. The molecule has 1 unspecified atom stereocenters. The molecule has 2 aromatic rings. The van der Waals surface area contributed by atoms with E-state index in [0.29, 0.717) is 12.0 Å². The van der Waals surface area contributed by atoms with Gasteiger partial charge in [0.25, 0.3) is 0 Å². The van der Waals surface area contributed by atoms with Crippen molar-refractivity contribution < 1.29 is 8.81 Å². The number of hydrogen-bond acceptors (Lipinski definition) is 2. The van der Waals surface area contributed by atoms with Gasteiger partial charge < -0.3 is 9.73 Å². The lowest BCUT2D eigenvalue weighted by molar-refractivity contribution is 0.525. The second-order valence-corrected chi connectivity index (χ2v) is 4.20. The van der Waals surface area contributed by atoms with Crippen molar-refractivity contribution >= 4 is 0 Å². The van der Waals surface area contributed by atoms with Crippen LogP contribution in [0, 0.1) is 12.7 Å². The lowest BCUT2D eigenvalue weighted by Gasteiger charge is -2.16. The first-order chi connectivity index (χ1) is 8.20. The Morgan fingerprint density at radius 3 is 2.76 bits per heavy atom. The largest absolute Gasteiger partial charge is 0.472 e. The molecular formula is C14H16FNO. The van der Waals surface area contributed by atoms with Crippen LogP contribution in [-0.2, 0) is 6.42 Å². The number of likely N-dealkylation sites (N-methyl/N-ethyl adjacent to an activating group) is 1. The van der Waals surface area contributed by atoms with Crippen LogP contribution in [0.4, 0.5) is 4.39 Å². The predicted molar refractivity (Wildman–Crippen MR) is 65.3 cm³/mol. The van der Waals surface area contributed by atoms with Crippen LogP contribution in [0.3, 0.4) is 0 Å². The van der Waals surface area contributed by atoms with E-state index in [2.05, 4.69) is 5.32 Å². The summed E-state index contributed by atoms with van der Waals surface area (Å²) in [5.41, 5.74) is 2.69. The fourth-order valence-corrected chi connectivity index (χ4v) is 1.93. The summed E-state index contributed by atoms with van der Waals surface area (Å²) in [6.07, 6.45) is 4.04. The Labute approximate surface area is 100 Å². The molecule has 90 valence electrons. The highest BCUT2D eigenvalue weighted by molar-refractivity contribution is 5.27. The molecule has 0 amide bonds. The smallest absolute Gasteiger partial charge is 0.128 e. The molecule has 1 atom stereocenters. The standard InChI is InChI=1S/C14H16FNO/c1-10-3-4-12(13(15)7-10)14(16-2)8-11-5-6-17-9-11/h3-7,9,14,16H,8H2,1-2H3. The molecule has 1 aromatic heterocycles. The summed E-state index contributed by atoms with van der Waals surface area (Å²) in [5, 5.41) is 3.14. The molecule has 0 saturated carbocycles. The van der Waals surface area contributed by atoms with E-state index in [-0.39, 0.29) is 11.9 Å². The zero-order valence-corrected chi connectivity index (χ0v) is 10.0. The Balaban J connectivity index is 2.23. The summed E-state index contributed by atoms with van der Waals surface area (Å²) >= 11 is 0. The van der Waals surface area contributed by atoms with Gasteiger partial charge in [0, 0.05) is 11.6 Å². The van der Waals surface area contributed by atoms with Crippen LogP contribution in [-0.4, -0.2) is 7.05 Å². The van der Waals surface area contributed by atoms with Crippen LogP contribution in [0.15, 0.2) is 41.2 Å². The van der Waals surface area contributed by atoms with Crippen molar-refractivity contribution in [3.05, 3.63) is 59.3 Å². The van der Waals surface area contributed by atoms with E-state index in [4.69, 9.17) is 4.42 Å². The van der Waals surface area contributed by atoms with Crippen LogP contribution < -0.4 is 5.32 Å². The number of halogens is 1.